The van der Waals surface area contributed by atoms with E-state index in [9.17, 15) is 14.3 Å². The molecule has 6 heteroatoms. The molecule has 0 saturated heterocycles. The van der Waals surface area contributed by atoms with Crippen LogP contribution in [0.5, 0.6) is 0 Å². The first-order valence-corrected chi connectivity index (χ1v) is 9.53. The third-order valence-corrected chi connectivity index (χ3v) is 5.04. The zero-order chi connectivity index (χ0) is 19.9. The van der Waals surface area contributed by atoms with Crippen molar-refractivity contribution in [3.8, 4) is 0 Å². The van der Waals surface area contributed by atoms with Crippen molar-refractivity contribution in [1.82, 2.24) is 10.3 Å². The van der Waals surface area contributed by atoms with Gasteiger partial charge in [-0.25, -0.2) is 4.39 Å². The van der Waals surface area contributed by atoms with Crippen LogP contribution in [0.4, 0.5) is 4.39 Å². The van der Waals surface area contributed by atoms with Gasteiger partial charge in [0.2, 0.25) is 0 Å². The summed E-state index contributed by atoms with van der Waals surface area (Å²) in [5.74, 6) is -1.08. The minimum Gasteiger partial charge on any atom is -0.481 e. The summed E-state index contributed by atoms with van der Waals surface area (Å²) < 4.78 is 13.8. The fourth-order valence-electron chi connectivity index (χ4n) is 3.60. The first-order chi connectivity index (χ1) is 13.6. The molecule has 0 bridgehead atoms. The monoisotopic (exact) mass is 383 g/mol. The highest BCUT2D eigenvalue weighted by Gasteiger charge is 2.20. The van der Waals surface area contributed by atoms with Crippen LogP contribution in [0.15, 0.2) is 54.7 Å². The van der Waals surface area contributed by atoms with Gasteiger partial charge in [-0.15, -0.1) is 0 Å². The maximum Gasteiger partial charge on any atom is 0.304 e. The van der Waals surface area contributed by atoms with E-state index in [0.29, 0.717) is 31.4 Å². The number of para-hydroxylation sites is 1. The molecular formula is C22H26FN3O2. The number of carboxylic acid groups (broad SMARTS) is 1. The summed E-state index contributed by atoms with van der Waals surface area (Å²) in [5, 5.41) is 13.8. The van der Waals surface area contributed by atoms with Crippen LogP contribution in [0.25, 0.3) is 10.9 Å². The zero-order valence-electron chi connectivity index (χ0n) is 15.7. The number of hydrogen-bond acceptors (Lipinski definition) is 3. The van der Waals surface area contributed by atoms with Gasteiger partial charge < -0.3 is 21.1 Å². The molecule has 5 N–H and O–H groups in total. The third kappa shape index (κ3) is 5.18. The lowest BCUT2D eigenvalue weighted by Gasteiger charge is -2.24. The van der Waals surface area contributed by atoms with Crippen LogP contribution in [0.3, 0.4) is 0 Å². The fraction of sp³-hybridized carbons (Fsp3) is 0.318. The van der Waals surface area contributed by atoms with Crippen LogP contribution in [0.2, 0.25) is 0 Å². The summed E-state index contributed by atoms with van der Waals surface area (Å²) >= 11 is 0. The predicted octanol–water partition coefficient (Wildman–Crippen LogP) is 3.24. The minimum atomic E-state index is -0.859. The summed E-state index contributed by atoms with van der Waals surface area (Å²) in [5.41, 5.74) is 8.65. The number of aromatic amines is 1. The number of carbonyl (C=O) groups is 1. The number of aryl methyl sites for hydroxylation is 1. The molecule has 2 atom stereocenters. The molecule has 2 aromatic carbocycles. The van der Waals surface area contributed by atoms with Crippen molar-refractivity contribution >= 4 is 16.9 Å². The average molecular weight is 383 g/mol. The number of nitrogens with two attached hydrogens (primary N) is 1. The molecule has 3 aromatic rings. The molecule has 1 heterocycles. The quantitative estimate of drug-likeness (QED) is 0.433. The Kier molecular flexibility index (Phi) is 6.79. The predicted molar refractivity (Wildman–Crippen MR) is 109 cm³/mol. The Labute approximate surface area is 163 Å². The van der Waals surface area contributed by atoms with Crippen molar-refractivity contribution in [2.24, 2.45) is 5.73 Å². The SMILES string of the molecule is NCC(CCc1ccccc1F)N[C@@H](CC(=O)O)Cc1c[nH]c2ccccc12. The van der Waals surface area contributed by atoms with Crippen LogP contribution < -0.4 is 11.1 Å². The number of aliphatic carboxylic acids is 1. The Morgan fingerprint density at radius 1 is 1.11 bits per heavy atom. The summed E-state index contributed by atoms with van der Waals surface area (Å²) in [6.07, 6.45) is 3.69. The Morgan fingerprint density at radius 3 is 2.61 bits per heavy atom. The van der Waals surface area contributed by atoms with Crippen molar-refractivity contribution in [2.75, 3.05) is 6.54 Å². The topological polar surface area (TPSA) is 91.1 Å². The molecule has 0 spiro atoms. The van der Waals surface area contributed by atoms with Gasteiger partial charge in [0.15, 0.2) is 0 Å². The molecule has 0 saturated carbocycles. The van der Waals surface area contributed by atoms with Gasteiger partial charge in [-0.05, 0) is 42.5 Å². The molecule has 0 aliphatic heterocycles. The third-order valence-electron chi connectivity index (χ3n) is 5.04. The lowest BCUT2D eigenvalue weighted by atomic mass is 9.99. The van der Waals surface area contributed by atoms with Crippen LogP contribution in [-0.2, 0) is 17.6 Å². The molecule has 0 fully saturated rings. The van der Waals surface area contributed by atoms with Crippen LogP contribution in [0.1, 0.15) is 24.0 Å². The van der Waals surface area contributed by atoms with E-state index >= 15 is 0 Å². The van der Waals surface area contributed by atoms with Gasteiger partial charge in [-0.1, -0.05) is 36.4 Å². The summed E-state index contributed by atoms with van der Waals surface area (Å²) in [7, 11) is 0. The van der Waals surface area contributed by atoms with E-state index in [-0.39, 0.29) is 24.3 Å². The van der Waals surface area contributed by atoms with Crippen LogP contribution in [0, 0.1) is 5.82 Å². The smallest absolute Gasteiger partial charge is 0.304 e. The molecular weight excluding hydrogens is 357 g/mol. The van der Waals surface area contributed by atoms with Crippen molar-refractivity contribution in [3.63, 3.8) is 0 Å². The molecule has 28 heavy (non-hydrogen) atoms. The minimum absolute atomic E-state index is 0.00426. The number of hydrogen-bond donors (Lipinski definition) is 4. The Bertz CT molecular complexity index is 925. The largest absolute Gasteiger partial charge is 0.481 e. The summed E-state index contributed by atoms with van der Waals surface area (Å²) in [6, 6.07) is 14.3. The van der Waals surface area contributed by atoms with E-state index < -0.39 is 5.97 Å². The van der Waals surface area contributed by atoms with Gasteiger partial charge in [0, 0.05) is 35.7 Å². The number of benzene rings is 2. The van der Waals surface area contributed by atoms with Crippen LogP contribution in [-0.4, -0.2) is 34.7 Å². The second kappa shape index (κ2) is 9.48. The van der Waals surface area contributed by atoms with Crippen molar-refractivity contribution < 1.29 is 14.3 Å². The number of fused-ring (bicyclic) bond motifs is 1. The standard InChI is InChI=1S/C22H26FN3O2/c23-20-7-3-1-5-15(20)9-10-17(13-24)26-18(12-22(27)28)11-16-14-25-21-8-4-2-6-19(16)21/h1-8,14,17-18,25-26H,9-13,24H2,(H,27,28)/t17?,18-/m1/s1. The second-order valence-corrected chi connectivity index (χ2v) is 7.09. The van der Waals surface area contributed by atoms with Gasteiger partial charge in [0.05, 0.1) is 6.42 Å². The van der Waals surface area contributed by atoms with E-state index in [1.54, 1.807) is 12.1 Å². The van der Waals surface area contributed by atoms with Crippen molar-refractivity contribution in [1.29, 1.82) is 0 Å². The highest BCUT2D eigenvalue weighted by Crippen LogP contribution is 2.20. The van der Waals surface area contributed by atoms with Crippen LogP contribution >= 0.6 is 0 Å². The van der Waals surface area contributed by atoms with Gasteiger partial charge in [-0.2, -0.15) is 0 Å². The number of aromatic nitrogens is 1. The Balaban J connectivity index is 1.68. The van der Waals surface area contributed by atoms with Gasteiger partial charge in [0.1, 0.15) is 5.82 Å². The zero-order valence-corrected chi connectivity index (χ0v) is 15.7. The van der Waals surface area contributed by atoms with E-state index in [2.05, 4.69) is 10.3 Å². The Hall–Kier alpha value is -2.70. The molecule has 3 rings (SSSR count). The first-order valence-electron chi connectivity index (χ1n) is 9.53. The lowest BCUT2D eigenvalue weighted by Crippen LogP contribution is -2.45. The van der Waals surface area contributed by atoms with E-state index in [4.69, 9.17) is 5.73 Å². The normalized spacial score (nSPS) is 13.5. The van der Waals surface area contributed by atoms with E-state index in [1.165, 1.54) is 6.07 Å². The lowest BCUT2D eigenvalue weighted by molar-refractivity contribution is -0.137. The molecule has 5 nitrogen and oxygen atoms in total. The van der Waals surface area contributed by atoms with E-state index in [0.717, 1.165) is 16.5 Å². The van der Waals surface area contributed by atoms with Gasteiger partial charge >= 0.3 is 5.97 Å². The highest BCUT2D eigenvalue weighted by atomic mass is 19.1. The molecule has 148 valence electrons. The summed E-state index contributed by atoms with van der Waals surface area (Å²) in [6.45, 7) is 0.360. The van der Waals surface area contributed by atoms with Gasteiger partial charge in [0.25, 0.3) is 0 Å². The number of rotatable bonds is 10. The summed E-state index contributed by atoms with van der Waals surface area (Å²) in [4.78, 5) is 14.6. The Morgan fingerprint density at radius 2 is 1.86 bits per heavy atom. The maximum absolute atomic E-state index is 13.8. The average Bonchev–Trinajstić information content (AvgIpc) is 3.08. The molecule has 0 aliphatic rings. The first kappa shape index (κ1) is 20.0. The molecule has 1 unspecified atom stereocenters. The number of nitrogens with one attached hydrogen (secondary N) is 2. The maximum atomic E-state index is 13.8. The molecule has 0 radical (unpaired) electrons. The highest BCUT2D eigenvalue weighted by molar-refractivity contribution is 5.83. The number of halogens is 1. The van der Waals surface area contributed by atoms with Gasteiger partial charge in [-0.3, -0.25) is 4.79 Å². The van der Waals surface area contributed by atoms with E-state index in [1.807, 2.05) is 36.5 Å². The fourth-order valence-corrected chi connectivity index (χ4v) is 3.60. The number of carboxylic acids is 1. The molecule has 0 aliphatic carbocycles. The second-order valence-electron chi connectivity index (χ2n) is 7.09. The number of H-pyrrole nitrogens is 1. The van der Waals surface area contributed by atoms with Crippen molar-refractivity contribution in [3.05, 3.63) is 71.7 Å². The molecule has 0 amide bonds. The van der Waals surface area contributed by atoms with Crippen molar-refractivity contribution in [2.45, 2.75) is 37.8 Å². The molecule has 1 aromatic heterocycles.